The van der Waals surface area contributed by atoms with Gasteiger partial charge in [-0.15, -0.1) is 0 Å². The summed E-state index contributed by atoms with van der Waals surface area (Å²) in [6.07, 6.45) is 0. The molecule has 3 heteroatoms. The van der Waals surface area contributed by atoms with Crippen LogP contribution >= 0.6 is 0 Å². The highest BCUT2D eigenvalue weighted by atomic mass is 16.3. The molecule has 0 spiro atoms. The topological polar surface area (TPSA) is 31.2 Å². The summed E-state index contributed by atoms with van der Waals surface area (Å²) in [6, 6.07) is 135. The molecule has 0 saturated heterocycles. The molecule has 3 aromatic heterocycles. The highest BCUT2D eigenvalue weighted by Gasteiger charge is 2.26. The van der Waals surface area contributed by atoms with E-state index < -0.39 is 0 Å². The molecular formula is C98H61NO2. The van der Waals surface area contributed by atoms with E-state index in [1.165, 1.54) is 38.2 Å². The van der Waals surface area contributed by atoms with Crippen molar-refractivity contribution in [3.8, 4) is 117 Å². The van der Waals surface area contributed by atoms with Crippen LogP contribution in [0.5, 0.6) is 0 Å². The van der Waals surface area contributed by atoms with E-state index in [1.807, 2.05) is 0 Å². The van der Waals surface area contributed by atoms with Crippen LogP contribution in [-0.4, -0.2) is 4.57 Å². The Hall–Kier alpha value is -13.3. The third kappa shape index (κ3) is 9.73. The monoisotopic (exact) mass is 1280 g/mol. The molecule has 470 valence electrons. The molecule has 0 atom stereocenters. The van der Waals surface area contributed by atoms with Gasteiger partial charge in [0.2, 0.25) is 0 Å². The van der Waals surface area contributed by atoms with Crippen molar-refractivity contribution in [1.82, 2.24) is 4.57 Å². The molecule has 101 heavy (non-hydrogen) atoms. The summed E-state index contributed by atoms with van der Waals surface area (Å²) in [5, 5.41) is 11.3. The molecule has 0 fully saturated rings. The van der Waals surface area contributed by atoms with Crippen LogP contribution in [0.3, 0.4) is 0 Å². The lowest BCUT2D eigenvalue weighted by Crippen LogP contribution is -1.97. The Kier molecular flexibility index (Phi) is 13.6. The summed E-state index contributed by atoms with van der Waals surface area (Å²) < 4.78 is 17.5. The summed E-state index contributed by atoms with van der Waals surface area (Å²) in [7, 11) is 0. The third-order valence-electron chi connectivity index (χ3n) is 20.7. The van der Waals surface area contributed by atoms with Crippen molar-refractivity contribution in [3.63, 3.8) is 0 Å². The smallest absolute Gasteiger partial charge is 0.143 e. The second kappa shape index (κ2) is 23.7. The Bertz CT molecular complexity index is 6310. The minimum atomic E-state index is 0.837. The van der Waals surface area contributed by atoms with E-state index in [4.69, 9.17) is 8.83 Å². The molecule has 0 aliphatic rings. The third-order valence-corrected chi connectivity index (χ3v) is 20.7. The zero-order valence-corrected chi connectivity index (χ0v) is 55.0. The number of rotatable bonds is 11. The first-order valence-corrected chi connectivity index (χ1v) is 34.7. The van der Waals surface area contributed by atoms with Crippen LogP contribution in [-0.2, 0) is 0 Å². The van der Waals surface area contributed by atoms with Gasteiger partial charge in [-0.05, 0) is 183 Å². The maximum Gasteiger partial charge on any atom is 0.143 e. The van der Waals surface area contributed by atoms with Gasteiger partial charge < -0.3 is 13.4 Å². The highest BCUT2D eigenvalue weighted by Crippen LogP contribution is 2.50. The number of hydrogen-bond acceptors (Lipinski definition) is 2. The lowest BCUT2D eigenvalue weighted by Gasteiger charge is -2.19. The summed E-state index contributed by atoms with van der Waals surface area (Å²) >= 11 is 0. The Morgan fingerprint density at radius 2 is 0.426 bits per heavy atom. The molecule has 20 rings (SSSR count). The average molecular weight is 1280 g/mol. The fourth-order valence-electron chi connectivity index (χ4n) is 16.0. The Labute approximate surface area is 584 Å². The number of furan rings is 2. The van der Waals surface area contributed by atoms with Gasteiger partial charge in [-0.2, -0.15) is 0 Å². The summed E-state index contributed by atoms with van der Waals surface area (Å²) in [4.78, 5) is 0. The molecule has 0 amide bonds. The summed E-state index contributed by atoms with van der Waals surface area (Å²) in [6.45, 7) is 0. The molecule has 0 bridgehead atoms. The number of fused-ring (bicyclic) bond motifs is 11. The van der Waals surface area contributed by atoms with E-state index in [1.54, 1.807) is 0 Å². The lowest BCUT2D eigenvalue weighted by atomic mass is 9.86. The number of nitrogens with zero attached hydrogens (tertiary/aromatic N) is 1. The fourth-order valence-corrected chi connectivity index (χ4v) is 16.0. The molecule has 3 heterocycles. The van der Waals surface area contributed by atoms with Crippen LogP contribution in [0, 0.1) is 0 Å². The van der Waals surface area contributed by atoms with Crippen molar-refractivity contribution in [2.45, 2.75) is 0 Å². The Balaban J connectivity index is 0.888. The van der Waals surface area contributed by atoms with Crippen molar-refractivity contribution in [2.24, 2.45) is 0 Å². The second-order valence-corrected chi connectivity index (χ2v) is 26.6. The molecule has 20 aromatic rings. The van der Waals surface area contributed by atoms with Gasteiger partial charge in [0.15, 0.2) is 0 Å². The van der Waals surface area contributed by atoms with Crippen LogP contribution in [0.2, 0.25) is 0 Å². The molecule has 3 nitrogen and oxygen atoms in total. The van der Waals surface area contributed by atoms with E-state index in [0.29, 0.717) is 0 Å². The molecule has 0 N–H and O–H groups in total. The van der Waals surface area contributed by atoms with Crippen molar-refractivity contribution in [1.29, 1.82) is 0 Å². The van der Waals surface area contributed by atoms with Gasteiger partial charge in [0.25, 0.3) is 0 Å². The minimum Gasteiger partial charge on any atom is -0.455 e. The van der Waals surface area contributed by atoms with Crippen molar-refractivity contribution in [3.05, 3.63) is 370 Å². The van der Waals surface area contributed by atoms with Crippen LogP contribution in [0.1, 0.15) is 0 Å². The zero-order valence-electron chi connectivity index (χ0n) is 55.0. The van der Waals surface area contributed by atoms with E-state index in [2.05, 4.69) is 375 Å². The van der Waals surface area contributed by atoms with E-state index in [9.17, 15) is 0 Å². The van der Waals surface area contributed by atoms with Gasteiger partial charge >= 0.3 is 0 Å². The molecule has 0 unspecified atom stereocenters. The highest BCUT2D eigenvalue weighted by molar-refractivity contribution is 6.23. The standard InChI is InChI=1S/C98H61NO2/c1-9-27-62(28-10-1)72-51-82(66-35-17-5-18-36-66)95-87(55-72)89-57-74(64-31-13-3-14-32-64)53-84(97(89)100-95)70-45-48-77-78-49-46-71(85-54-75(65-33-15-4-16-34-65)58-90-88-56-73(63-29-11-2-12-30-63)52-83(96(88)101-98(85)90)67-37-19-6-20-38-67)60-92(78)99(91(77)59-70)76-47-50-81-86(61-76)94(69-41-23-8-24-42-69)80-44-26-25-43-79(80)93(81)68-39-21-7-22-40-68/h1-61H. The van der Waals surface area contributed by atoms with Crippen LogP contribution in [0.15, 0.2) is 379 Å². The minimum absolute atomic E-state index is 0.837. The van der Waals surface area contributed by atoms with E-state index in [-0.39, 0.29) is 0 Å². The first-order valence-electron chi connectivity index (χ1n) is 34.7. The quantitative estimate of drug-likeness (QED) is 0.121. The van der Waals surface area contributed by atoms with Crippen molar-refractivity contribution < 1.29 is 8.83 Å². The van der Waals surface area contributed by atoms with Crippen LogP contribution < -0.4 is 0 Å². The number of hydrogen-bond donors (Lipinski definition) is 0. The number of aromatic nitrogens is 1. The SMILES string of the molecule is c1ccc(-c2cc(-c3ccccc3)c3oc4c(-c5ccc6c7ccc(-c8cc(-c9ccccc9)cc9c8oc8c(-c%10ccccc%10)cc(-c%10ccccc%10)cc89)cc7n(-c7ccc8c(-c9ccccc9)c9ccccc9c(-c9ccccc9)c8c7)c6c5)cc(-c5ccccc5)cc4c3c2)cc1. The first-order chi connectivity index (χ1) is 50.1. The molecule has 0 aliphatic carbocycles. The second-order valence-electron chi connectivity index (χ2n) is 26.6. The zero-order chi connectivity index (χ0) is 66.5. The van der Waals surface area contributed by atoms with Gasteiger partial charge in [0.05, 0.1) is 11.0 Å². The summed E-state index contributed by atoms with van der Waals surface area (Å²) in [5.74, 6) is 0. The van der Waals surface area contributed by atoms with Gasteiger partial charge in [0, 0.05) is 60.3 Å². The number of benzene rings is 17. The Morgan fingerprint density at radius 3 is 0.762 bits per heavy atom. The van der Waals surface area contributed by atoms with Gasteiger partial charge in [-0.25, -0.2) is 0 Å². The molecule has 0 radical (unpaired) electrons. The maximum atomic E-state index is 7.49. The van der Waals surface area contributed by atoms with Gasteiger partial charge in [0.1, 0.15) is 22.3 Å². The molecule has 17 aromatic carbocycles. The largest absolute Gasteiger partial charge is 0.455 e. The Morgan fingerprint density at radius 1 is 0.158 bits per heavy atom. The van der Waals surface area contributed by atoms with Crippen LogP contribution in [0.4, 0.5) is 0 Å². The fraction of sp³-hybridized carbons (Fsp3) is 0. The van der Waals surface area contributed by atoms with Crippen molar-refractivity contribution >= 4 is 87.2 Å². The lowest BCUT2D eigenvalue weighted by molar-refractivity contribution is 0.671. The van der Waals surface area contributed by atoms with Gasteiger partial charge in [-0.1, -0.05) is 297 Å². The molecular weight excluding hydrogens is 1220 g/mol. The average Bonchev–Trinajstić information content (AvgIpc) is 1.69. The van der Waals surface area contributed by atoms with E-state index in [0.717, 1.165) is 166 Å². The normalized spacial score (nSPS) is 11.8. The predicted molar refractivity (Wildman–Crippen MR) is 425 cm³/mol. The first kappa shape index (κ1) is 57.9. The molecule has 0 aliphatic heterocycles. The van der Waals surface area contributed by atoms with Crippen molar-refractivity contribution in [2.75, 3.05) is 0 Å². The predicted octanol–water partition coefficient (Wildman–Crippen LogP) is 27.6. The van der Waals surface area contributed by atoms with Crippen LogP contribution in [0.25, 0.3) is 204 Å². The summed E-state index contributed by atoms with van der Waals surface area (Å²) in [5.41, 5.74) is 28.8. The van der Waals surface area contributed by atoms with E-state index >= 15 is 0 Å². The van der Waals surface area contributed by atoms with Gasteiger partial charge in [-0.3, -0.25) is 0 Å². The maximum absolute atomic E-state index is 7.49. The molecule has 0 saturated carbocycles.